The minimum absolute atomic E-state index is 0.0866. The van der Waals surface area contributed by atoms with Crippen molar-refractivity contribution in [2.75, 3.05) is 33.7 Å². The Kier molecular flexibility index (Phi) is 10.1. The second kappa shape index (κ2) is 14.4. The third kappa shape index (κ3) is 7.44. The molecule has 5 aromatic rings. The first-order valence-electron chi connectivity index (χ1n) is 17.1. The largest absolute Gasteiger partial charge is 0.392 e. The summed E-state index contributed by atoms with van der Waals surface area (Å²) in [6.45, 7) is 9.85. The van der Waals surface area contributed by atoms with Crippen LogP contribution in [-0.2, 0) is 27.8 Å². The first-order valence-corrected chi connectivity index (χ1v) is 18.5. The highest BCUT2D eigenvalue weighted by molar-refractivity contribution is 7.90. The minimum Gasteiger partial charge on any atom is -0.392 e. The third-order valence-electron chi connectivity index (χ3n) is 9.40. The molecule has 0 fully saturated rings. The highest BCUT2D eigenvalue weighted by atomic mass is 32.2. The van der Waals surface area contributed by atoms with Crippen molar-refractivity contribution < 1.29 is 23.1 Å². The highest BCUT2D eigenvalue weighted by Crippen LogP contribution is 2.35. The van der Waals surface area contributed by atoms with E-state index in [1.54, 1.807) is 63.7 Å². The zero-order valence-corrected chi connectivity index (χ0v) is 30.7. The molecule has 51 heavy (non-hydrogen) atoms. The lowest BCUT2D eigenvalue weighted by atomic mass is 9.92. The molecule has 0 radical (unpaired) electrons. The molecule has 1 atom stereocenters. The van der Waals surface area contributed by atoms with Gasteiger partial charge in [0, 0.05) is 69.6 Å². The fourth-order valence-electron chi connectivity index (χ4n) is 6.56. The number of nitrogens with zero attached hydrogens (tertiary/aromatic N) is 5. The van der Waals surface area contributed by atoms with Gasteiger partial charge in [0.15, 0.2) is 5.65 Å². The number of aromatic nitrogens is 3. The lowest BCUT2D eigenvalue weighted by Crippen LogP contribution is -2.36. The van der Waals surface area contributed by atoms with Gasteiger partial charge in [0.2, 0.25) is 5.91 Å². The van der Waals surface area contributed by atoms with Crippen molar-refractivity contribution in [3.63, 3.8) is 0 Å². The van der Waals surface area contributed by atoms with E-state index >= 15 is 0 Å². The van der Waals surface area contributed by atoms with E-state index in [4.69, 9.17) is 9.97 Å². The Balaban J connectivity index is 1.41. The lowest BCUT2D eigenvalue weighted by Gasteiger charge is -2.30. The number of amides is 2. The zero-order chi connectivity index (χ0) is 36.6. The number of benzene rings is 3. The number of carbonyl (C=O) groups excluding carboxylic acids is 2. The molecule has 0 aliphatic carbocycles. The van der Waals surface area contributed by atoms with Gasteiger partial charge in [-0.15, -0.1) is 0 Å². The average molecular weight is 709 g/mol. The average Bonchev–Trinajstić information content (AvgIpc) is 3.49. The molecule has 6 rings (SSSR count). The maximum atomic E-state index is 14.0. The number of rotatable bonds is 10. The van der Waals surface area contributed by atoms with Crippen molar-refractivity contribution in [3.05, 3.63) is 100 Å². The van der Waals surface area contributed by atoms with Gasteiger partial charge >= 0.3 is 0 Å². The van der Waals surface area contributed by atoms with Gasteiger partial charge in [-0.3, -0.25) is 14.5 Å². The Labute approximate surface area is 299 Å². The fourth-order valence-corrected chi connectivity index (χ4v) is 7.87. The van der Waals surface area contributed by atoms with Crippen molar-refractivity contribution in [2.24, 2.45) is 0 Å². The normalized spacial score (nSPS) is 13.9. The standard InChI is InChI=1S/C39H44N6O5S/c1-24-7-10-31(11-8-24)51(49,50)45-23-34(28-9-12-33(26(3)17-28)39(48)43(5)6)37-38(45)41-21-35(42-37)29-18-25(2)32-13-15-44(22-30(32)19-29)16-14-36(47)40-20-27(4)46/h7-12,17-19,21,23,27,46H,13-16,20,22H2,1-6H3,(H,40,47)/t27-/m1/s1. The molecule has 0 saturated carbocycles. The van der Waals surface area contributed by atoms with Gasteiger partial charge in [-0.1, -0.05) is 29.8 Å². The predicted molar refractivity (Wildman–Crippen MR) is 198 cm³/mol. The fraction of sp³-hybridized carbons (Fsp3) is 0.333. The maximum Gasteiger partial charge on any atom is 0.269 e. The second-order valence-corrected chi connectivity index (χ2v) is 15.5. The molecule has 1 aliphatic rings. The van der Waals surface area contributed by atoms with E-state index < -0.39 is 16.1 Å². The summed E-state index contributed by atoms with van der Waals surface area (Å²) in [6, 6.07) is 16.4. The van der Waals surface area contributed by atoms with E-state index in [1.807, 2.05) is 26.0 Å². The predicted octanol–water partition coefficient (Wildman–Crippen LogP) is 4.87. The van der Waals surface area contributed by atoms with Crippen LogP contribution < -0.4 is 5.32 Å². The number of aliphatic hydroxyl groups excluding tert-OH is 1. The number of aryl methyl sites for hydroxylation is 3. The summed E-state index contributed by atoms with van der Waals surface area (Å²) in [5.74, 6) is -0.206. The number of aliphatic hydroxyl groups is 1. The zero-order valence-electron chi connectivity index (χ0n) is 29.9. The van der Waals surface area contributed by atoms with Gasteiger partial charge in [-0.05, 0) is 92.3 Å². The summed E-state index contributed by atoms with van der Waals surface area (Å²) in [5.41, 5.74) is 9.22. The van der Waals surface area contributed by atoms with E-state index in [1.165, 1.54) is 14.4 Å². The number of hydrogen-bond donors (Lipinski definition) is 2. The van der Waals surface area contributed by atoms with Gasteiger partial charge in [0.1, 0.15) is 5.52 Å². The van der Waals surface area contributed by atoms with Crippen LogP contribution in [0.4, 0.5) is 0 Å². The lowest BCUT2D eigenvalue weighted by molar-refractivity contribution is -0.121. The van der Waals surface area contributed by atoms with Crippen LogP contribution in [0.15, 0.2) is 71.9 Å². The summed E-state index contributed by atoms with van der Waals surface area (Å²) in [4.78, 5) is 38.8. The van der Waals surface area contributed by atoms with E-state index in [-0.39, 0.29) is 28.9 Å². The van der Waals surface area contributed by atoms with Crippen molar-refractivity contribution in [1.82, 2.24) is 29.1 Å². The smallest absolute Gasteiger partial charge is 0.269 e. The number of fused-ring (bicyclic) bond motifs is 2. The number of carbonyl (C=O) groups is 2. The first-order chi connectivity index (χ1) is 24.2. The molecule has 2 N–H and O–H groups in total. The van der Waals surface area contributed by atoms with Crippen molar-refractivity contribution >= 4 is 33.0 Å². The molecule has 0 spiro atoms. The molecule has 3 aromatic carbocycles. The topological polar surface area (TPSA) is 138 Å². The second-order valence-electron chi connectivity index (χ2n) is 13.7. The van der Waals surface area contributed by atoms with Gasteiger partial charge in [-0.2, -0.15) is 0 Å². The van der Waals surface area contributed by atoms with Crippen LogP contribution in [0.2, 0.25) is 0 Å². The van der Waals surface area contributed by atoms with Crippen LogP contribution >= 0.6 is 0 Å². The molecule has 2 aromatic heterocycles. The van der Waals surface area contributed by atoms with Crippen LogP contribution in [0.3, 0.4) is 0 Å². The van der Waals surface area contributed by atoms with E-state index in [9.17, 15) is 23.1 Å². The molecule has 3 heterocycles. The summed E-state index contributed by atoms with van der Waals surface area (Å²) in [5, 5.41) is 12.2. The Bertz CT molecular complexity index is 2240. The minimum atomic E-state index is -4.03. The Morgan fingerprint density at radius 3 is 2.41 bits per heavy atom. The molecule has 0 unspecified atom stereocenters. The molecular formula is C39H44N6O5S. The molecule has 1 aliphatic heterocycles. The highest BCUT2D eigenvalue weighted by Gasteiger charge is 2.26. The maximum absolute atomic E-state index is 14.0. The summed E-state index contributed by atoms with van der Waals surface area (Å²) >= 11 is 0. The summed E-state index contributed by atoms with van der Waals surface area (Å²) in [7, 11) is -0.619. The molecule has 11 nitrogen and oxygen atoms in total. The van der Waals surface area contributed by atoms with E-state index in [2.05, 4.69) is 29.3 Å². The molecule has 0 bridgehead atoms. The van der Waals surface area contributed by atoms with E-state index in [0.717, 1.165) is 40.8 Å². The molecule has 266 valence electrons. The SMILES string of the molecule is Cc1ccc(S(=O)(=O)n2cc(-c3ccc(C(=O)N(C)C)c(C)c3)c3nc(-c4cc(C)c5c(c4)CN(CCC(=O)NC[C@@H](C)O)CC5)cnc32)cc1. The third-order valence-corrected chi connectivity index (χ3v) is 11.1. The molecule has 2 amide bonds. The Morgan fingerprint density at radius 1 is 1.00 bits per heavy atom. The van der Waals surface area contributed by atoms with Crippen LogP contribution in [-0.4, -0.2) is 88.9 Å². The molecule has 0 saturated heterocycles. The summed E-state index contributed by atoms with van der Waals surface area (Å²) < 4.78 is 29.3. The van der Waals surface area contributed by atoms with Gasteiger partial charge in [0.25, 0.3) is 15.9 Å². The summed E-state index contributed by atoms with van der Waals surface area (Å²) in [6.07, 6.45) is 3.80. The first kappa shape index (κ1) is 35.9. The van der Waals surface area contributed by atoms with Crippen molar-refractivity contribution in [3.8, 4) is 22.4 Å². The quantitative estimate of drug-likeness (QED) is 0.210. The van der Waals surface area contributed by atoms with Crippen LogP contribution in [0, 0.1) is 20.8 Å². The molecular weight excluding hydrogens is 665 g/mol. The number of nitrogens with one attached hydrogen (secondary N) is 1. The Morgan fingerprint density at radius 2 is 1.73 bits per heavy atom. The van der Waals surface area contributed by atoms with Crippen LogP contribution in [0.1, 0.15) is 51.5 Å². The number of hydrogen-bond acceptors (Lipinski definition) is 8. The van der Waals surface area contributed by atoms with Gasteiger partial charge in [-0.25, -0.2) is 22.4 Å². The van der Waals surface area contributed by atoms with Crippen molar-refractivity contribution in [1.29, 1.82) is 0 Å². The monoisotopic (exact) mass is 708 g/mol. The van der Waals surface area contributed by atoms with Crippen LogP contribution in [0.25, 0.3) is 33.5 Å². The van der Waals surface area contributed by atoms with E-state index in [0.29, 0.717) is 47.4 Å². The van der Waals surface area contributed by atoms with Gasteiger partial charge < -0.3 is 15.3 Å². The molecule has 12 heteroatoms. The Hall–Kier alpha value is -4.91. The van der Waals surface area contributed by atoms with Crippen molar-refractivity contribution in [2.45, 2.75) is 58.1 Å². The van der Waals surface area contributed by atoms with Gasteiger partial charge in [0.05, 0.1) is 22.9 Å². The van der Waals surface area contributed by atoms with Crippen LogP contribution in [0.5, 0.6) is 0 Å².